The molecule has 2 aliphatic rings. The number of aliphatic imine (C=N–C) groups is 1. The zero-order chi connectivity index (χ0) is 22.5. The molecule has 0 radical (unpaired) electrons. The Morgan fingerprint density at radius 1 is 1.19 bits per heavy atom. The Bertz CT molecular complexity index is 1100. The molecule has 2 amide bonds. The summed E-state index contributed by atoms with van der Waals surface area (Å²) in [6, 6.07) is 11.3. The van der Waals surface area contributed by atoms with Gasteiger partial charge in [0.25, 0.3) is 0 Å². The highest BCUT2D eigenvalue weighted by Crippen LogP contribution is 2.30. The maximum absolute atomic E-state index is 12.6. The molecular formula is C24H24N4O4. The summed E-state index contributed by atoms with van der Waals surface area (Å²) in [5.74, 6) is 0.0563. The number of nitrogens with zero attached hydrogens (tertiary/aromatic N) is 3. The zero-order valence-electron chi connectivity index (χ0n) is 17.8. The monoisotopic (exact) mass is 432 g/mol. The van der Waals surface area contributed by atoms with Crippen LogP contribution >= 0.6 is 0 Å². The molecule has 2 aromatic rings. The molecule has 1 atom stereocenters. The van der Waals surface area contributed by atoms with Gasteiger partial charge in [-0.1, -0.05) is 6.07 Å². The third kappa shape index (κ3) is 5.01. The molecule has 2 heterocycles. The summed E-state index contributed by atoms with van der Waals surface area (Å²) < 4.78 is 11.4. The van der Waals surface area contributed by atoms with Crippen molar-refractivity contribution in [2.75, 3.05) is 18.5 Å². The average molecular weight is 432 g/mol. The number of ether oxygens (including phenoxy) is 2. The molecule has 2 fully saturated rings. The van der Waals surface area contributed by atoms with Crippen molar-refractivity contribution in [1.29, 1.82) is 5.26 Å². The lowest BCUT2D eigenvalue weighted by molar-refractivity contribution is -0.118. The van der Waals surface area contributed by atoms with Gasteiger partial charge in [0.2, 0.25) is 11.8 Å². The van der Waals surface area contributed by atoms with Crippen LogP contribution in [0.2, 0.25) is 0 Å². The van der Waals surface area contributed by atoms with E-state index in [1.807, 2.05) is 12.1 Å². The van der Waals surface area contributed by atoms with E-state index < -0.39 is 5.92 Å². The van der Waals surface area contributed by atoms with Crippen molar-refractivity contribution in [3.05, 3.63) is 42.1 Å². The second-order valence-corrected chi connectivity index (χ2v) is 7.88. The SMILES string of the molecule is CC(=O)N=C1CCC1C(=O)Nc1cc(-c2ccc(OC3CCOCC3)c(C#N)c2)ccn1. The average Bonchev–Trinajstić information content (AvgIpc) is 2.78. The van der Waals surface area contributed by atoms with Gasteiger partial charge in [-0.05, 0) is 48.2 Å². The quantitative estimate of drug-likeness (QED) is 0.773. The maximum Gasteiger partial charge on any atom is 0.242 e. The number of benzene rings is 1. The minimum atomic E-state index is -0.392. The predicted molar refractivity (Wildman–Crippen MR) is 118 cm³/mol. The number of pyridine rings is 1. The number of aromatic nitrogens is 1. The van der Waals surface area contributed by atoms with E-state index in [2.05, 4.69) is 21.4 Å². The number of rotatable bonds is 5. The Hall–Kier alpha value is -3.57. The fraction of sp³-hybridized carbons (Fsp3) is 0.375. The number of hydrogen-bond donors (Lipinski definition) is 1. The van der Waals surface area contributed by atoms with Gasteiger partial charge >= 0.3 is 0 Å². The van der Waals surface area contributed by atoms with Gasteiger partial charge in [-0.3, -0.25) is 9.59 Å². The lowest BCUT2D eigenvalue weighted by Crippen LogP contribution is -2.37. The number of amides is 2. The Morgan fingerprint density at radius 2 is 1.97 bits per heavy atom. The minimum Gasteiger partial charge on any atom is -0.489 e. The second kappa shape index (κ2) is 9.71. The number of carbonyl (C=O) groups is 2. The summed E-state index contributed by atoms with van der Waals surface area (Å²) in [6.45, 7) is 2.71. The lowest BCUT2D eigenvalue weighted by atomic mass is 9.82. The maximum atomic E-state index is 12.6. The van der Waals surface area contributed by atoms with Crippen LogP contribution in [-0.4, -0.2) is 41.8 Å². The van der Waals surface area contributed by atoms with Crippen LogP contribution in [0.3, 0.4) is 0 Å². The first-order chi connectivity index (χ1) is 15.5. The summed E-state index contributed by atoms with van der Waals surface area (Å²) in [5.41, 5.74) is 2.71. The molecule has 8 heteroatoms. The van der Waals surface area contributed by atoms with Crippen molar-refractivity contribution in [3.63, 3.8) is 0 Å². The molecule has 1 N–H and O–H groups in total. The molecule has 1 aliphatic carbocycles. The summed E-state index contributed by atoms with van der Waals surface area (Å²) in [7, 11) is 0. The zero-order valence-corrected chi connectivity index (χ0v) is 17.8. The Balaban J connectivity index is 1.48. The fourth-order valence-electron chi connectivity index (χ4n) is 3.80. The molecule has 1 unspecified atom stereocenters. The first kappa shape index (κ1) is 21.7. The number of carbonyl (C=O) groups excluding carboxylic acids is 2. The van der Waals surface area contributed by atoms with E-state index in [1.165, 1.54) is 6.92 Å². The van der Waals surface area contributed by atoms with Crippen molar-refractivity contribution >= 4 is 23.3 Å². The van der Waals surface area contributed by atoms with Crippen LogP contribution in [0.1, 0.15) is 38.2 Å². The lowest BCUT2D eigenvalue weighted by Gasteiger charge is -2.26. The van der Waals surface area contributed by atoms with Gasteiger partial charge in [-0.25, -0.2) is 9.98 Å². The van der Waals surface area contributed by atoms with Crippen LogP contribution in [0.4, 0.5) is 5.82 Å². The summed E-state index contributed by atoms with van der Waals surface area (Å²) in [5, 5.41) is 12.4. The molecular weight excluding hydrogens is 408 g/mol. The Labute approximate surface area is 186 Å². The summed E-state index contributed by atoms with van der Waals surface area (Å²) in [4.78, 5) is 31.9. The molecule has 1 aromatic heterocycles. The van der Waals surface area contributed by atoms with E-state index >= 15 is 0 Å². The first-order valence-electron chi connectivity index (χ1n) is 10.7. The van der Waals surface area contributed by atoms with Gasteiger partial charge < -0.3 is 14.8 Å². The molecule has 164 valence electrons. The van der Waals surface area contributed by atoms with Crippen LogP contribution < -0.4 is 10.1 Å². The molecule has 8 nitrogen and oxygen atoms in total. The van der Waals surface area contributed by atoms with Crippen LogP contribution in [0.15, 0.2) is 41.5 Å². The fourth-order valence-corrected chi connectivity index (χ4v) is 3.80. The predicted octanol–water partition coefficient (Wildman–Crippen LogP) is 3.51. The number of hydrogen-bond acceptors (Lipinski definition) is 6. The molecule has 4 rings (SSSR count). The third-order valence-corrected chi connectivity index (χ3v) is 5.62. The minimum absolute atomic E-state index is 0.0485. The second-order valence-electron chi connectivity index (χ2n) is 7.88. The van der Waals surface area contributed by atoms with Gasteiger partial charge in [0, 0.05) is 31.7 Å². The van der Waals surface area contributed by atoms with E-state index in [0.29, 0.717) is 48.9 Å². The normalized spacial score (nSPS) is 19.6. The van der Waals surface area contributed by atoms with E-state index in [-0.39, 0.29) is 17.9 Å². The van der Waals surface area contributed by atoms with Crippen molar-refractivity contribution in [2.45, 2.75) is 38.7 Å². The highest BCUT2D eigenvalue weighted by atomic mass is 16.5. The van der Waals surface area contributed by atoms with Crippen LogP contribution in [-0.2, 0) is 14.3 Å². The van der Waals surface area contributed by atoms with Crippen molar-refractivity contribution in [2.24, 2.45) is 10.9 Å². The molecule has 0 bridgehead atoms. The molecule has 32 heavy (non-hydrogen) atoms. The van der Waals surface area contributed by atoms with Crippen LogP contribution in [0.5, 0.6) is 5.75 Å². The van der Waals surface area contributed by atoms with Gasteiger partial charge in [0.1, 0.15) is 23.7 Å². The van der Waals surface area contributed by atoms with Gasteiger partial charge in [0.15, 0.2) is 0 Å². The highest BCUT2D eigenvalue weighted by Gasteiger charge is 2.33. The van der Waals surface area contributed by atoms with Crippen LogP contribution in [0, 0.1) is 17.2 Å². The Kier molecular flexibility index (Phi) is 6.57. The van der Waals surface area contributed by atoms with E-state index in [1.54, 1.807) is 24.4 Å². The van der Waals surface area contributed by atoms with E-state index in [0.717, 1.165) is 24.0 Å². The number of nitriles is 1. The number of nitrogens with one attached hydrogen (secondary N) is 1. The molecule has 1 aromatic carbocycles. The highest BCUT2D eigenvalue weighted by molar-refractivity contribution is 6.14. The van der Waals surface area contributed by atoms with E-state index in [9.17, 15) is 14.9 Å². The smallest absolute Gasteiger partial charge is 0.242 e. The molecule has 1 saturated heterocycles. The van der Waals surface area contributed by atoms with Crippen LogP contribution in [0.25, 0.3) is 11.1 Å². The first-order valence-corrected chi connectivity index (χ1v) is 10.7. The summed E-state index contributed by atoms with van der Waals surface area (Å²) >= 11 is 0. The molecule has 0 spiro atoms. The standard InChI is InChI=1S/C24H24N4O4/c1-15(29)27-21-4-3-20(21)24(30)28-23-13-17(6-9-26-23)16-2-5-22(18(12-16)14-25)32-19-7-10-31-11-8-19/h2,5-6,9,12-13,19-20H,3-4,7-8,10-11H2,1H3,(H,26,28,30). The molecule has 1 saturated carbocycles. The largest absolute Gasteiger partial charge is 0.489 e. The van der Waals surface area contributed by atoms with Crippen molar-refractivity contribution in [3.8, 4) is 22.9 Å². The van der Waals surface area contributed by atoms with Gasteiger partial charge in [-0.15, -0.1) is 0 Å². The topological polar surface area (TPSA) is 114 Å². The third-order valence-electron chi connectivity index (χ3n) is 5.62. The van der Waals surface area contributed by atoms with Gasteiger partial charge in [0.05, 0.1) is 24.7 Å². The van der Waals surface area contributed by atoms with Crippen molar-refractivity contribution < 1.29 is 19.1 Å². The number of anilines is 1. The Morgan fingerprint density at radius 3 is 2.66 bits per heavy atom. The van der Waals surface area contributed by atoms with Gasteiger partial charge in [-0.2, -0.15) is 5.26 Å². The molecule has 1 aliphatic heterocycles. The summed E-state index contributed by atoms with van der Waals surface area (Å²) in [6.07, 6.45) is 4.59. The van der Waals surface area contributed by atoms with E-state index in [4.69, 9.17) is 9.47 Å². The van der Waals surface area contributed by atoms with Crippen molar-refractivity contribution in [1.82, 2.24) is 4.98 Å².